The fraction of sp³-hybridized carbons (Fsp3) is 0.455. The number of rotatable bonds is 10. The summed E-state index contributed by atoms with van der Waals surface area (Å²) >= 11 is 0. The zero-order valence-electron chi connectivity index (χ0n) is 16.1. The Morgan fingerprint density at radius 2 is 1.58 bits per heavy atom. The minimum atomic E-state index is -3.28. The summed E-state index contributed by atoms with van der Waals surface area (Å²) in [6, 6.07) is 17.8. The van der Waals surface area contributed by atoms with E-state index in [1.807, 2.05) is 36.4 Å². The van der Waals surface area contributed by atoms with Crippen LogP contribution in [0.1, 0.15) is 63.6 Å². The predicted molar refractivity (Wildman–Crippen MR) is 109 cm³/mol. The van der Waals surface area contributed by atoms with E-state index in [9.17, 15) is 8.42 Å². The Morgan fingerprint density at radius 3 is 2.19 bits per heavy atom. The van der Waals surface area contributed by atoms with Crippen LogP contribution >= 0.6 is 0 Å². The molecule has 0 bridgehead atoms. The highest BCUT2D eigenvalue weighted by atomic mass is 32.2. The van der Waals surface area contributed by atoms with E-state index < -0.39 is 9.84 Å². The highest BCUT2D eigenvalue weighted by Gasteiger charge is 2.24. The average molecular weight is 374 g/mol. The fourth-order valence-electron chi connectivity index (χ4n) is 3.26. The maximum atomic E-state index is 12.7. The van der Waals surface area contributed by atoms with Gasteiger partial charge in [-0.3, -0.25) is 0 Å². The van der Waals surface area contributed by atoms with Gasteiger partial charge in [-0.15, -0.1) is 0 Å². The standard InChI is InChI=1S/C22H31NO2S/c1-4-7-15-19(5-2)23-22(18-13-9-8-10-14-18)20-16-11-12-17-21(20)26(24,25)6-3/h8-14,16-17,19,22-23H,4-7,15H2,1-3H3. The molecule has 0 aromatic heterocycles. The van der Waals surface area contributed by atoms with E-state index in [1.165, 1.54) is 6.42 Å². The van der Waals surface area contributed by atoms with Crippen LogP contribution in [0.4, 0.5) is 0 Å². The monoisotopic (exact) mass is 373 g/mol. The first kappa shape index (κ1) is 20.7. The molecule has 2 aromatic carbocycles. The van der Waals surface area contributed by atoms with Gasteiger partial charge in [-0.05, 0) is 30.0 Å². The van der Waals surface area contributed by atoms with Gasteiger partial charge in [0, 0.05) is 6.04 Å². The molecule has 26 heavy (non-hydrogen) atoms. The van der Waals surface area contributed by atoms with Gasteiger partial charge >= 0.3 is 0 Å². The van der Waals surface area contributed by atoms with Crippen molar-refractivity contribution in [2.24, 2.45) is 0 Å². The minimum Gasteiger partial charge on any atom is -0.303 e. The summed E-state index contributed by atoms with van der Waals surface area (Å²) in [5.41, 5.74) is 1.94. The summed E-state index contributed by atoms with van der Waals surface area (Å²) in [6.45, 7) is 6.09. The Balaban J connectivity index is 2.49. The molecule has 0 fully saturated rings. The molecule has 142 valence electrons. The van der Waals surface area contributed by atoms with Gasteiger partial charge < -0.3 is 5.32 Å². The van der Waals surface area contributed by atoms with Crippen molar-refractivity contribution in [3.05, 3.63) is 65.7 Å². The minimum absolute atomic E-state index is 0.110. The molecule has 2 atom stereocenters. The second kappa shape index (κ2) is 9.89. The van der Waals surface area contributed by atoms with Gasteiger partial charge in [-0.1, -0.05) is 82.1 Å². The SMILES string of the molecule is CCCCC(CC)NC(c1ccccc1)c1ccccc1S(=O)(=O)CC. The molecule has 2 rings (SSSR count). The fourth-order valence-corrected chi connectivity index (χ4v) is 4.40. The molecular weight excluding hydrogens is 342 g/mol. The largest absolute Gasteiger partial charge is 0.303 e. The lowest BCUT2D eigenvalue weighted by atomic mass is 9.96. The molecule has 3 nitrogen and oxygen atoms in total. The number of nitrogens with one attached hydrogen (secondary N) is 1. The molecule has 0 aliphatic rings. The maximum absolute atomic E-state index is 12.7. The molecule has 0 radical (unpaired) electrons. The number of hydrogen-bond acceptors (Lipinski definition) is 3. The molecule has 0 aliphatic carbocycles. The molecule has 0 spiro atoms. The average Bonchev–Trinajstić information content (AvgIpc) is 2.69. The quantitative estimate of drug-likeness (QED) is 0.628. The van der Waals surface area contributed by atoms with E-state index in [-0.39, 0.29) is 11.8 Å². The van der Waals surface area contributed by atoms with Crippen LogP contribution in [0.15, 0.2) is 59.5 Å². The number of benzene rings is 2. The van der Waals surface area contributed by atoms with Crippen LogP contribution in [0.25, 0.3) is 0 Å². The van der Waals surface area contributed by atoms with Crippen LogP contribution in [0.3, 0.4) is 0 Å². The van der Waals surface area contributed by atoms with Gasteiger partial charge in [0.2, 0.25) is 0 Å². The third kappa shape index (κ3) is 5.18. The van der Waals surface area contributed by atoms with Gasteiger partial charge in [0.05, 0.1) is 16.7 Å². The van der Waals surface area contributed by atoms with E-state index >= 15 is 0 Å². The van der Waals surface area contributed by atoms with Crippen molar-refractivity contribution in [2.45, 2.75) is 63.4 Å². The molecular formula is C22H31NO2S. The zero-order valence-corrected chi connectivity index (χ0v) is 16.9. The first-order chi connectivity index (χ1) is 12.5. The Bertz CT molecular complexity index is 772. The first-order valence-corrected chi connectivity index (χ1v) is 11.3. The van der Waals surface area contributed by atoms with Crippen LogP contribution in [0, 0.1) is 0 Å². The van der Waals surface area contributed by atoms with Gasteiger partial charge in [0.15, 0.2) is 9.84 Å². The third-order valence-electron chi connectivity index (χ3n) is 4.88. The van der Waals surface area contributed by atoms with Gasteiger partial charge in [0.25, 0.3) is 0 Å². The predicted octanol–water partition coefficient (Wildman–Crippen LogP) is 5.13. The van der Waals surface area contributed by atoms with Crippen LogP contribution in [-0.4, -0.2) is 20.2 Å². The molecule has 4 heteroatoms. The molecule has 2 aromatic rings. The maximum Gasteiger partial charge on any atom is 0.178 e. The molecule has 0 amide bonds. The van der Waals surface area contributed by atoms with E-state index in [0.717, 1.165) is 30.4 Å². The highest BCUT2D eigenvalue weighted by molar-refractivity contribution is 7.91. The summed E-state index contributed by atoms with van der Waals surface area (Å²) in [4.78, 5) is 0.439. The zero-order chi connectivity index (χ0) is 19.0. The van der Waals surface area contributed by atoms with E-state index in [2.05, 4.69) is 31.3 Å². The van der Waals surface area contributed by atoms with Crippen molar-refractivity contribution in [3.63, 3.8) is 0 Å². The van der Waals surface area contributed by atoms with Crippen molar-refractivity contribution >= 4 is 9.84 Å². The Kier molecular flexibility index (Phi) is 7.85. The Morgan fingerprint density at radius 1 is 0.923 bits per heavy atom. The van der Waals surface area contributed by atoms with Gasteiger partial charge in [0.1, 0.15) is 0 Å². The lowest BCUT2D eigenvalue weighted by molar-refractivity contribution is 0.419. The van der Waals surface area contributed by atoms with Crippen LogP contribution in [0.5, 0.6) is 0 Å². The van der Waals surface area contributed by atoms with Crippen molar-refractivity contribution in [3.8, 4) is 0 Å². The van der Waals surface area contributed by atoms with Crippen LogP contribution < -0.4 is 5.32 Å². The van der Waals surface area contributed by atoms with Crippen LogP contribution in [-0.2, 0) is 9.84 Å². The van der Waals surface area contributed by atoms with E-state index in [0.29, 0.717) is 10.9 Å². The van der Waals surface area contributed by atoms with E-state index in [1.54, 1.807) is 13.0 Å². The van der Waals surface area contributed by atoms with Gasteiger partial charge in [-0.25, -0.2) is 8.42 Å². The normalized spacial score (nSPS) is 14.1. The number of sulfone groups is 1. The summed E-state index contributed by atoms with van der Waals surface area (Å²) in [7, 11) is -3.28. The summed E-state index contributed by atoms with van der Waals surface area (Å²) in [5, 5.41) is 3.74. The number of unbranched alkanes of at least 4 members (excludes halogenated alkanes) is 1. The van der Waals surface area contributed by atoms with Crippen molar-refractivity contribution in [1.29, 1.82) is 0 Å². The molecule has 2 unspecified atom stereocenters. The molecule has 0 saturated heterocycles. The topological polar surface area (TPSA) is 46.2 Å². The Labute approximate surface area is 158 Å². The molecule has 0 heterocycles. The molecule has 0 aliphatic heterocycles. The van der Waals surface area contributed by atoms with Crippen molar-refractivity contribution < 1.29 is 8.42 Å². The Hall–Kier alpha value is -1.65. The second-order valence-corrected chi connectivity index (χ2v) is 8.95. The molecule has 1 N–H and O–H groups in total. The highest BCUT2D eigenvalue weighted by Crippen LogP contribution is 2.29. The van der Waals surface area contributed by atoms with E-state index in [4.69, 9.17) is 0 Å². The lowest BCUT2D eigenvalue weighted by Gasteiger charge is -2.27. The number of hydrogen-bond donors (Lipinski definition) is 1. The summed E-state index contributed by atoms with van der Waals surface area (Å²) in [5.74, 6) is 0.110. The molecule has 0 saturated carbocycles. The van der Waals surface area contributed by atoms with Crippen LogP contribution in [0.2, 0.25) is 0 Å². The van der Waals surface area contributed by atoms with Crippen molar-refractivity contribution in [1.82, 2.24) is 5.32 Å². The second-order valence-electron chi connectivity index (χ2n) is 6.70. The van der Waals surface area contributed by atoms with Crippen molar-refractivity contribution in [2.75, 3.05) is 5.75 Å². The third-order valence-corrected chi connectivity index (χ3v) is 6.68. The summed E-state index contributed by atoms with van der Waals surface area (Å²) < 4.78 is 25.3. The summed E-state index contributed by atoms with van der Waals surface area (Å²) in [6.07, 6.45) is 4.45. The lowest BCUT2D eigenvalue weighted by Crippen LogP contribution is -2.34. The smallest absolute Gasteiger partial charge is 0.178 e. The van der Waals surface area contributed by atoms with Gasteiger partial charge in [-0.2, -0.15) is 0 Å². The first-order valence-electron chi connectivity index (χ1n) is 9.66.